The summed E-state index contributed by atoms with van der Waals surface area (Å²) in [5, 5.41) is 12.1. The van der Waals surface area contributed by atoms with E-state index in [4.69, 9.17) is 4.74 Å². The summed E-state index contributed by atoms with van der Waals surface area (Å²) in [5.74, 6) is 2.16. The van der Waals surface area contributed by atoms with Crippen LogP contribution in [-0.2, 0) is 35.5 Å². The molecule has 2 heterocycles. The van der Waals surface area contributed by atoms with Gasteiger partial charge in [0.05, 0.1) is 6.04 Å². The number of nitrogens with one attached hydrogen (secondary N) is 1. The van der Waals surface area contributed by atoms with E-state index in [0.717, 1.165) is 57.1 Å². The van der Waals surface area contributed by atoms with Crippen molar-refractivity contribution < 1.29 is 9.53 Å². The summed E-state index contributed by atoms with van der Waals surface area (Å²) >= 11 is 0. The van der Waals surface area contributed by atoms with Gasteiger partial charge >= 0.3 is 0 Å². The van der Waals surface area contributed by atoms with Gasteiger partial charge < -0.3 is 14.6 Å². The van der Waals surface area contributed by atoms with Crippen LogP contribution < -0.4 is 5.32 Å². The molecular weight excluding hydrogens is 438 g/mol. The third kappa shape index (κ3) is 5.16. The zero-order valence-corrected chi connectivity index (χ0v) is 21.0. The Labute approximate surface area is 207 Å². The molecule has 0 radical (unpaired) electrons. The van der Waals surface area contributed by atoms with Gasteiger partial charge in [-0.25, -0.2) is 0 Å². The Morgan fingerprint density at radius 1 is 1.06 bits per heavy atom. The van der Waals surface area contributed by atoms with E-state index in [-0.39, 0.29) is 18.6 Å². The Balaban J connectivity index is 1.27. The highest BCUT2D eigenvalue weighted by Crippen LogP contribution is 2.37. The van der Waals surface area contributed by atoms with E-state index in [0.29, 0.717) is 5.92 Å². The minimum atomic E-state index is -0.163. The maximum atomic E-state index is 12.3. The maximum absolute atomic E-state index is 12.3. The zero-order chi connectivity index (χ0) is 24.4. The Hall–Kier alpha value is -3.03. The molecule has 7 heteroatoms. The summed E-state index contributed by atoms with van der Waals surface area (Å²) in [4.78, 5) is 14.8. The lowest BCUT2D eigenvalue weighted by atomic mass is 10.0. The monoisotopic (exact) mass is 473 g/mol. The van der Waals surface area contributed by atoms with Crippen molar-refractivity contribution in [2.45, 2.75) is 52.2 Å². The first-order valence-corrected chi connectivity index (χ1v) is 12.6. The van der Waals surface area contributed by atoms with E-state index in [1.807, 2.05) is 0 Å². The van der Waals surface area contributed by atoms with E-state index in [2.05, 4.69) is 81.3 Å². The minimum Gasteiger partial charge on any atom is -0.375 e. The van der Waals surface area contributed by atoms with Gasteiger partial charge in [-0.1, -0.05) is 56.3 Å². The fraction of sp³-hybridized carbons (Fsp3) is 0.464. The first kappa shape index (κ1) is 23.7. The van der Waals surface area contributed by atoms with Crippen LogP contribution >= 0.6 is 0 Å². The van der Waals surface area contributed by atoms with Crippen LogP contribution in [0.3, 0.4) is 0 Å². The predicted molar refractivity (Wildman–Crippen MR) is 136 cm³/mol. The van der Waals surface area contributed by atoms with Gasteiger partial charge in [-0.15, -0.1) is 10.2 Å². The lowest BCUT2D eigenvalue weighted by Gasteiger charge is -2.22. The molecule has 3 aromatic rings. The quantitative estimate of drug-likeness (QED) is 0.422. The first-order valence-electron chi connectivity index (χ1n) is 12.6. The van der Waals surface area contributed by atoms with Crippen molar-refractivity contribution in [3.05, 3.63) is 70.8 Å². The van der Waals surface area contributed by atoms with E-state index in [1.165, 1.54) is 34.9 Å². The Kier molecular flexibility index (Phi) is 6.97. The van der Waals surface area contributed by atoms with Gasteiger partial charge in [0.2, 0.25) is 5.91 Å². The summed E-state index contributed by atoms with van der Waals surface area (Å²) in [6.45, 7) is 7.99. The van der Waals surface area contributed by atoms with Gasteiger partial charge in [0.15, 0.2) is 5.82 Å². The highest BCUT2D eigenvalue weighted by atomic mass is 16.5. The molecule has 1 aliphatic carbocycles. The molecule has 2 aromatic carbocycles. The molecule has 184 valence electrons. The van der Waals surface area contributed by atoms with Crippen LogP contribution in [0.4, 0.5) is 0 Å². The third-order valence-electron chi connectivity index (χ3n) is 7.04. The molecule has 1 unspecified atom stereocenters. The molecule has 1 N–H and O–H groups in total. The van der Waals surface area contributed by atoms with E-state index in [9.17, 15) is 4.79 Å². The largest absolute Gasteiger partial charge is 0.375 e. The van der Waals surface area contributed by atoms with Crippen molar-refractivity contribution in [1.29, 1.82) is 0 Å². The molecule has 1 aliphatic heterocycles. The molecule has 1 amide bonds. The number of ether oxygens (including phenoxy) is 1. The predicted octanol–water partition coefficient (Wildman–Crippen LogP) is 3.76. The number of hydrogen-bond donors (Lipinski definition) is 1. The molecule has 1 aromatic heterocycles. The molecule has 5 rings (SSSR count). The fourth-order valence-electron chi connectivity index (χ4n) is 5.43. The summed E-state index contributed by atoms with van der Waals surface area (Å²) in [6.07, 6.45) is 2.69. The average Bonchev–Trinajstić information content (AvgIpc) is 3.34. The van der Waals surface area contributed by atoms with Crippen LogP contribution in [0.1, 0.15) is 54.6 Å². The molecule has 0 spiro atoms. The highest BCUT2D eigenvalue weighted by molar-refractivity contribution is 5.77. The second-order valence-electron chi connectivity index (χ2n) is 10.2. The van der Waals surface area contributed by atoms with Crippen LogP contribution in [0.2, 0.25) is 0 Å². The number of fused-ring (bicyclic) bond motifs is 4. The molecule has 35 heavy (non-hydrogen) atoms. The number of hydrogen-bond acceptors (Lipinski definition) is 5. The van der Waals surface area contributed by atoms with Crippen molar-refractivity contribution in [2.75, 3.05) is 26.8 Å². The molecular formula is C28H35N5O2. The van der Waals surface area contributed by atoms with Gasteiger partial charge in [0, 0.05) is 39.7 Å². The van der Waals surface area contributed by atoms with Crippen molar-refractivity contribution in [2.24, 2.45) is 5.92 Å². The van der Waals surface area contributed by atoms with Gasteiger partial charge in [-0.3, -0.25) is 9.69 Å². The normalized spacial score (nSPS) is 15.9. The van der Waals surface area contributed by atoms with Crippen LogP contribution in [0, 0.1) is 5.92 Å². The highest BCUT2D eigenvalue weighted by Gasteiger charge is 2.26. The van der Waals surface area contributed by atoms with Crippen LogP contribution in [-0.4, -0.2) is 52.4 Å². The van der Waals surface area contributed by atoms with Crippen LogP contribution in [0.25, 0.3) is 11.1 Å². The van der Waals surface area contributed by atoms with Gasteiger partial charge in [0.1, 0.15) is 12.4 Å². The summed E-state index contributed by atoms with van der Waals surface area (Å²) in [7, 11) is 1.54. The van der Waals surface area contributed by atoms with Crippen molar-refractivity contribution in [1.82, 2.24) is 25.0 Å². The topological polar surface area (TPSA) is 72.3 Å². The Bertz CT molecular complexity index is 1200. The third-order valence-corrected chi connectivity index (χ3v) is 7.04. The summed E-state index contributed by atoms with van der Waals surface area (Å²) in [5.41, 5.74) is 6.97. The molecule has 0 saturated heterocycles. The maximum Gasteiger partial charge on any atom is 0.246 e. The smallest absolute Gasteiger partial charge is 0.246 e. The molecule has 2 aliphatic rings. The number of methoxy groups -OCH3 is 1. The Morgan fingerprint density at radius 3 is 2.71 bits per heavy atom. The molecule has 1 atom stereocenters. The van der Waals surface area contributed by atoms with Crippen molar-refractivity contribution in [3.8, 4) is 11.1 Å². The van der Waals surface area contributed by atoms with Crippen molar-refractivity contribution in [3.63, 3.8) is 0 Å². The van der Waals surface area contributed by atoms with Crippen molar-refractivity contribution >= 4 is 5.91 Å². The standard InChI is InChI=1S/C28H35N5O2/c1-19(2)14-25(29-27(34)18-35-3)28-31-30-26-10-11-32(12-13-33(26)28)17-20-8-9-24-22(15-20)16-21-6-4-5-7-23(21)24/h4-9,15,19,25H,10-14,16-18H2,1-3H3,(H,29,34). The lowest BCUT2D eigenvalue weighted by molar-refractivity contribution is -0.125. The number of aromatic nitrogens is 3. The number of carbonyl (C=O) groups excluding carboxylic acids is 1. The number of carbonyl (C=O) groups is 1. The number of benzene rings is 2. The summed E-state index contributed by atoms with van der Waals surface area (Å²) in [6, 6.07) is 15.5. The summed E-state index contributed by atoms with van der Waals surface area (Å²) < 4.78 is 7.24. The SMILES string of the molecule is COCC(=O)NC(CC(C)C)c1nnc2n1CCN(Cc1ccc3c(c1)Cc1ccccc1-3)CC2. The van der Waals surface area contributed by atoms with Gasteiger partial charge in [-0.05, 0) is 46.6 Å². The van der Waals surface area contributed by atoms with E-state index in [1.54, 1.807) is 0 Å². The second kappa shape index (κ2) is 10.3. The lowest BCUT2D eigenvalue weighted by Crippen LogP contribution is -2.34. The molecule has 7 nitrogen and oxygen atoms in total. The molecule has 0 fully saturated rings. The minimum absolute atomic E-state index is 0.0508. The van der Waals surface area contributed by atoms with Gasteiger partial charge in [0.25, 0.3) is 0 Å². The number of rotatable bonds is 8. The Morgan fingerprint density at radius 2 is 1.89 bits per heavy atom. The number of amides is 1. The molecule has 0 saturated carbocycles. The zero-order valence-electron chi connectivity index (χ0n) is 21.0. The van der Waals surface area contributed by atoms with Crippen LogP contribution in [0.5, 0.6) is 0 Å². The van der Waals surface area contributed by atoms with E-state index < -0.39 is 0 Å². The molecule has 0 bridgehead atoms. The van der Waals surface area contributed by atoms with Gasteiger partial charge in [-0.2, -0.15) is 0 Å². The average molecular weight is 474 g/mol. The number of nitrogens with zero attached hydrogens (tertiary/aromatic N) is 4. The fourth-order valence-corrected chi connectivity index (χ4v) is 5.43. The van der Waals surface area contributed by atoms with Crippen LogP contribution in [0.15, 0.2) is 42.5 Å². The van der Waals surface area contributed by atoms with E-state index >= 15 is 0 Å². The first-order chi connectivity index (χ1) is 17.0. The second-order valence-corrected chi connectivity index (χ2v) is 10.2.